The molecule has 0 fully saturated rings. The fourth-order valence-electron chi connectivity index (χ4n) is 2.92. The molecule has 1 heterocycles. The number of sulfonamides is 1. The third kappa shape index (κ3) is 4.81. The van der Waals surface area contributed by atoms with Gasteiger partial charge in [0.25, 0.3) is 15.9 Å². The summed E-state index contributed by atoms with van der Waals surface area (Å²) in [6.45, 7) is 1.92. The molecule has 4 rings (SSSR count). The number of carbonyl (C=O) groups is 1. The van der Waals surface area contributed by atoms with E-state index in [2.05, 4.69) is 15.1 Å². The van der Waals surface area contributed by atoms with E-state index >= 15 is 0 Å². The van der Waals surface area contributed by atoms with E-state index in [0.29, 0.717) is 17.1 Å². The number of benzene rings is 3. The molecule has 7 nitrogen and oxygen atoms in total. The van der Waals surface area contributed by atoms with Crippen molar-refractivity contribution in [1.29, 1.82) is 0 Å². The summed E-state index contributed by atoms with van der Waals surface area (Å²) in [6, 6.07) is 24.0. The number of aromatic nitrogens is 2. The molecule has 0 bridgehead atoms. The molecule has 2 N–H and O–H groups in total. The smallest absolute Gasteiger partial charge is 0.261 e. The first kappa shape index (κ1) is 20.4. The molecule has 0 atom stereocenters. The van der Waals surface area contributed by atoms with E-state index in [1.54, 1.807) is 29.1 Å². The number of hydrogen-bond donors (Lipinski definition) is 2. The number of para-hydroxylation sites is 1. The lowest BCUT2D eigenvalue weighted by molar-refractivity contribution is 0.102. The fraction of sp³-hybridized carbons (Fsp3) is 0.0435. The summed E-state index contributed by atoms with van der Waals surface area (Å²) in [5, 5.41) is 7.05. The van der Waals surface area contributed by atoms with Crippen LogP contribution in [0, 0.1) is 6.92 Å². The summed E-state index contributed by atoms with van der Waals surface area (Å²) in [7, 11) is -3.75. The predicted molar refractivity (Wildman–Crippen MR) is 120 cm³/mol. The SMILES string of the molecule is Cc1ccc(NS(=O)(=O)c2ccc(C(=O)Nc3ccn(-c4ccccc4)n3)cc2)cc1. The van der Waals surface area contributed by atoms with E-state index in [9.17, 15) is 13.2 Å². The molecule has 3 aromatic carbocycles. The second-order valence-electron chi connectivity index (χ2n) is 6.93. The number of aryl methyl sites for hydroxylation is 1. The lowest BCUT2D eigenvalue weighted by Gasteiger charge is -2.09. The number of nitrogens with one attached hydrogen (secondary N) is 2. The van der Waals surface area contributed by atoms with E-state index in [0.717, 1.165) is 11.3 Å². The molecule has 156 valence electrons. The topological polar surface area (TPSA) is 93.1 Å². The van der Waals surface area contributed by atoms with Crippen molar-refractivity contribution in [2.24, 2.45) is 0 Å². The summed E-state index contributed by atoms with van der Waals surface area (Å²) < 4.78 is 29.3. The van der Waals surface area contributed by atoms with Crippen LogP contribution in [0.15, 0.2) is 96.0 Å². The van der Waals surface area contributed by atoms with Gasteiger partial charge in [-0.2, -0.15) is 5.10 Å². The fourth-order valence-corrected chi connectivity index (χ4v) is 3.98. The number of hydrogen-bond acceptors (Lipinski definition) is 4. The van der Waals surface area contributed by atoms with Gasteiger partial charge >= 0.3 is 0 Å². The van der Waals surface area contributed by atoms with Gasteiger partial charge in [0.05, 0.1) is 10.6 Å². The lowest BCUT2D eigenvalue weighted by Crippen LogP contribution is -2.15. The van der Waals surface area contributed by atoms with Crippen LogP contribution in [0.4, 0.5) is 11.5 Å². The molecule has 1 amide bonds. The van der Waals surface area contributed by atoms with Crippen LogP contribution >= 0.6 is 0 Å². The van der Waals surface area contributed by atoms with Gasteiger partial charge in [-0.3, -0.25) is 9.52 Å². The first-order chi connectivity index (χ1) is 14.9. The molecule has 0 saturated carbocycles. The largest absolute Gasteiger partial charge is 0.305 e. The van der Waals surface area contributed by atoms with Crippen molar-refractivity contribution in [3.63, 3.8) is 0 Å². The number of anilines is 2. The van der Waals surface area contributed by atoms with Crippen LogP contribution < -0.4 is 10.0 Å². The summed E-state index contributed by atoms with van der Waals surface area (Å²) in [5.41, 5.74) is 2.70. The van der Waals surface area contributed by atoms with E-state index in [-0.39, 0.29) is 10.8 Å². The number of rotatable bonds is 6. The standard InChI is InChI=1S/C23H20N4O3S/c1-17-7-11-19(12-8-17)26-31(29,30)21-13-9-18(10-14-21)23(28)24-22-15-16-27(25-22)20-5-3-2-4-6-20/h2-16,26H,1H3,(H,24,25,28). The molecule has 1 aromatic heterocycles. The minimum absolute atomic E-state index is 0.0676. The average Bonchev–Trinajstić information content (AvgIpc) is 3.24. The summed E-state index contributed by atoms with van der Waals surface area (Å²) in [6.07, 6.45) is 1.75. The Morgan fingerprint density at radius 3 is 2.23 bits per heavy atom. The number of amides is 1. The maximum Gasteiger partial charge on any atom is 0.261 e. The maximum absolute atomic E-state index is 12.6. The predicted octanol–water partition coefficient (Wildman–Crippen LogP) is 4.23. The molecular weight excluding hydrogens is 412 g/mol. The van der Waals surface area contributed by atoms with Gasteiger partial charge in [0, 0.05) is 23.5 Å². The zero-order valence-corrected chi connectivity index (χ0v) is 17.5. The molecule has 4 aromatic rings. The van der Waals surface area contributed by atoms with Gasteiger partial charge in [-0.05, 0) is 55.5 Å². The first-order valence-corrected chi connectivity index (χ1v) is 11.0. The average molecular weight is 433 g/mol. The van der Waals surface area contributed by atoms with E-state index in [1.807, 2.05) is 49.4 Å². The van der Waals surface area contributed by atoms with Gasteiger partial charge in [0.1, 0.15) is 0 Å². The van der Waals surface area contributed by atoms with Crippen molar-refractivity contribution in [3.8, 4) is 5.69 Å². The minimum Gasteiger partial charge on any atom is -0.305 e. The van der Waals surface area contributed by atoms with Crippen LogP contribution in [0.1, 0.15) is 15.9 Å². The van der Waals surface area contributed by atoms with E-state index < -0.39 is 10.0 Å². The molecule has 0 spiro atoms. The summed E-state index contributed by atoms with van der Waals surface area (Å²) >= 11 is 0. The van der Waals surface area contributed by atoms with Crippen molar-refractivity contribution in [2.75, 3.05) is 10.0 Å². The number of nitrogens with zero attached hydrogens (tertiary/aromatic N) is 2. The van der Waals surface area contributed by atoms with Crippen LogP contribution in [-0.4, -0.2) is 24.1 Å². The quantitative estimate of drug-likeness (QED) is 0.477. The van der Waals surface area contributed by atoms with Gasteiger partial charge in [-0.15, -0.1) is 0 Å². The third-order valence-electron chi connectivity index (χ3n) is 4.58. The molecule has 0 saturated heterocycles. The Balaban J connectivity index is 1.44. The van der Waals surface area contributed by atoms with Crippen molar-refractivity contribution in [3.05, 3.63) is 102 Å². The normalized spacial score (nSPS) is 11.1. The third-order valence-corrected chi connectivity index (χ3v) is 5.98. The Morgan fingerprint density at radius 2 is 1.55 bits per heavy atom. The Hall–Kier alpha value is -3.91. The highest BCUT2D eigenvalue weighted by molar-refractivity contribution is 7.92. The Bertz CT molecular complexity index is 1300. The van der Waals surface area contributed by atoms with Gasteiger partial charge in [0.2, 0.25) is 0 Å². The molecule has 0 radical (unpaired) electrons. The highest BCUT2D eigenvalue weighted by atomic mass is 32.2. The van der Waals surface area contributed by atoms with Gasteiger partial charge < -0.3 is 5.32 Å². The van der Waals surface area contributed by atoms with Crippen LogP contribution in [-0.2, 0) is 10.0 Å². The second-order valence-corrected chi connectivity index (χ2v) is 8.61. The molecule has 0 aliphatic carbocycles. The van der Waals surface area contributed by atoms with Crippen molar-refractivity contribution >= 4 is 27.4 Å². The zero-order chi connectivity index (χ0) is 21.8. The molecular formula is C23H20N4O3S. The monoisotopic (exact) mass is 432 g/mol. The van der Waals surface area contributed by atoms with Crippen LogP contribution in [0.25, 0.3) is 5.69 Å². The molecule has 0 unspecified atom stereocenters. The van der Waals surface area contributed by atoms with Gasteiger partial charge in [-0.25, -0.2) is 13.1 Å². The second kappa shape index (κ2) is 8.45. The molecule has 0 aliphatic heterocycles. The highest BCUT2D eigenvalue weighted by Crippen LogP contribution is 2.18. The van der Waals surface area contributed by atoms with E-state index in [4.69, 9.17) is 0 Å². The Kier molecular flexibility index (Phi) is 5.55. The Morgan fingerprint density at radius 1 is 0.871 bits per heavy atom. The maximum atomic E-state index is 12.6. The molecule has 0 aliphatic rings. The zero-order valence-electron chi connectivity index (χ0n) is 16.7. The van der Waals surface area contributed by atoms with Crippen molar-refractivity contribution in [1.82, 2.24) is 9.78 Å². The lowest BCUT2D eigenvalue weighted by atomic mass is 10.2. The molecule has 8 heteroatoms. The molecule has 31 heavy (non-hydrogen) atoms. The van der Waals surface area contributed by atoms with Gasteiger partial charge in [-0.1, -0.05) is 35.9 Å². The number of carbonyl (C=O) groups excluding carboxylic acids is 1. The van der Waals surface area contributed by atoms with Crippen molar-refractivity contribution in [2.45, 2.75) is 11.8 Å². The van der Waals surface area contributed by atoms with E-state index in [1.165, 1.54) is 24.3 Å². The van der Waals surface area contributed by atoms with Gasteiger partial charge in [0.15, 0.2) is 5.82 Å². The summed E-state index contributed by atoms with van der Waals surface area (Å²) in [5.74, 6) is 0.0142. The van der Waals surface area contributed by atoms with Crippen LogP contribution in [0.3, 0.4) is 0 Å². The highest BCUT2D eigenvalue weighted by Gasteiger charge is 2.16. The van der Waals surface area contributed by atoms with Crippen molar-refractivity contribution < 1.29 is 13.2 Å². The summed E-state index contributed by atoms with van der Waals surface area (Å²) in [4.78, 5) is 12.6. The minimum atomic E-state index is -3.75. The Labute approximate surface area is 180 Å². The van der Waals surface area contributed by atoms with Crippen LogP contribution in [0.2, 0.25) is 0 Å². The van der Waals surface area contributed by atoms with Crippen LogP contribution in [0.5, 0.6) is 0 Å². The first-order valence-electron chi connectivity index (χ1n) is 9.53.